The fourth-order valence-electron chi connectivity index (χ4n) is 2.63. The molecule has 1 rings (SSSR count). The topological polar surface area (TPSA) is 62.9 Å². The van der Waals surface area contributed by atoms with E-state index in [0.29, 0.717) is 19.8 Å². The molecule has 19 heavy (non-hydrogen) atoms. The third-order valence-electron chi connectivity index (χ3n) is 3.46. The van der Waals surface area contributed by atoms with Gasteiger partial charge in [-0.1, -0.05) is 6.92 Å². The van der Waals surface area contributed by atoms with E-state index in [2.05, 4.69) is 6.92 Å². The number of rotatable bonds is 8. The Bertz CT molecular complexity index is 252. The van der Waals surface area contributed by atoms with Crippen molar-refractivity contribution < 1.29 is 18.3 Å². The van der Waals surface area contributed by atoms with Crippen molar-refractivity contribution in [2.75, 3.05) is 19.8 Å². The largest absolute Gasteiger partial charge is 0.394 e. The lowest BCUT2D eigenvalue weighted by atomic mass is 10.3. The second kappa shape index (κ2) is 7.71. The van der Waals surface area contributed by atoms with Gasteiger partial charge >= 0.3 is 8.56 Å². The summed E-state index contributed by atoms with van der Waals surface area (Å²) in [6.45, 7) is 9.67. The first-order chi connectivity index (χ1) is 9.08. The van der Waals surface area contributed by atoms with Crippen molar-refractivity contribution in [2.45, 2.75) is 64.6 Å². The predicted octanol–water partition coefficient (Wildman–Crippen LogP) is 2.28. The first-order valence-electron chi connectivity index (χ1n) is 7.45. The van der Waals surface area contributed by atoms with E-state index in [4.69, 9.17) is 24.1 Å². The maximum Gasteiger partial charge on any atom is 0.359 e. The first kappa shape index (κ1) is 17.1. The van der Waals surface area contributed by atoms with Gasteiger partial charge in [0.05, 0.1) is 0 Å². The van der Waals surface area contributed by atoms with Crippen LogP contribution in [0.25, 0.3) is 0 Å². The summed E-state index contributed by atoms with van der Waals surface area (Å²) in [5, 5.41) is 0. The molecule has 2 unspecified atom stereocenters. The van der Waals surface area contributed by atoms with E-state index in [1.54, 1.807) is 0 Å². The molecule has 1 aliphatic rings. The van der Waals surface area contributed by atoms with Crippen molar-refractivity contribution in [1.82, 2.24) is 0 Å². The van der Waals surface area contributed by atoms with Crippen LogP contribution in [0.4, 0.5) is 0 Å². The molecule has 6 heteroatoms. The predicted molar refractivity (Wildman–Crippen MR) is 76.8 cm³/mol. The summed E-state index contributed by atoms with van der Waals surface area (Å²) < 4.78 is 23.8. The van der Waals surface area contributed by atoms with Crippen LogP contribution in [-0.2, 0) is 18.3 Å². The van der Waals surface area contributed by atoms with E-state index in [-0.39, 0.29) is 5.67 Å². The van der Waals surface area contributed by atoms with Crippen LogP contribution < -0.4 is 5.73 Å². The van der Waals surface area contributed by atoms with Gasteiger partial charge in [0.15, 0.2) is 0 Å². The molecule has 5 nitrogen and oxygen atoms in total. The fourth-order valence-corrected chi connectivity index (χ4v) is 6.19. The van der Waals surface area contributed by atoms with E-state index in [9.17, 15) is 0 Å². The molecule has 0 radical (unpaired) electrons. The van der Waals surface area contributed by atoms with Crippen LogP contribution >= 0.6 is 0 Å². The molecule has 1 heterocycles. The zero-order valence-electron chi connectivity index (χ0n) is 12.7. The lowest BCUT2D eigenvalue weighted by Gasteiger charge is -2.47. The lowest BCUT2D eigenvalue weighted by Crippen LogP contribution is -2.65. The molecule has 0 aromatic carbocycles. The van der Waals surface area contributed by atoms with Crippen molar-refractivity contribution in [3.05, 3.63) is 0 Å². The normalized spacial score (nSPS) is 28.3. The van der Waals surface area contributed by atoms with Gasteiger partial charge in [0.2, 0.25) is 0 Å². The summed E-state index contributed by atoms with van der Waals surface area (Å²) in [4.78, 5) is 0. The van der Waals surface area contributed by atoms with Gasteiger partial charge in [0, 0.05) is 31.9 Å². The Kier molecular flexibility index (Phi) is 6.92. The number of hydrogen-bond acceptors (Lipinski definition) is 5. The molecular formula is C13H29NO4Si. The van der Waals surface area contributed by atoms with E-state index >= 15 is 0 Å². The van der Waals surface area contributed by atoms with Gasteiger partial charge in [0.1, 0.15) is 0 Å². The molecule has 2 N–H and O–H groups in total. The maximum absolute atomic E-state index is 6.28. The second-order valence-electron chi connectivity index (χ2n) is 4.76. The van der Waals surface area contributed by atoms with Crippen LogP contribution in [0.5, 0.6) is 0 Å². The van der Waals surface area contributed by atoms with Gasteiger partial charge in [-0.15, -0.1) is 0 Å². The van der Waals surface area contributed by atoms with Crippen LogP contribution in [0.1, 0.15) is 47.0 Å². The highest BCUT2D eigenvalue weighted by molar-refractivity contribution is 6.69. The molecule has 2 atom stereocenters. The molecule has 0 amide bonds. The number of nitrogens with two attached hydrogens (primary N) is 1. The third-order valence-corrected chi connectivity index (χ3v) is 7.48. The molecule has 0 spiro atoms. The van der Waals surface area contributed by atoms with Crippen LogP contribution in [0, 0.1) is 0 Å². The molecule has 0 bridgehead atoms. The standard InChI is InChI=1S/C13H29NO4Si/c1-5-12(14)19(17-8-4)11-9-10-13(18-19,15-6-2)16-7-3/h12H,5-11,14H2,1-4H3. The Morgan fingerprint density at radius 2 is 1.79 bits per heavy atom. The highest BCUT2D eigenvalue weighted by atomic mass is 28.4. The number of hydrogen-bond donors (Lipinski definition) is 1. The molecule has 1 aliphatic heterocycles. The molecule has 114 valence electrons. The van der Waals surface area contributed by atoms with E-state index in [1.165, 1.54) is 0 Å². The minimum Gasteiger partial charge on any atom is -0.394 e. The Labute approximate surface area is 118 Å². The highest BCUT2D eigenvalue weighted by Gasteiger charge is 2.54. The average molecular weight is 291 g/mol. The summed E-state index contributed by atoms with van der Waals surface area (Å²) >= 11 is 0. The van der Waals surface area contributed by atoms with Crippen LogP contribution in [-0.4, -0.2) is 40.0 Å². The quantitative estimate of drug-likeness (QED) is 0.549. The van der Waals surface area contributed by atoms with E-state index in [0.717, 1.165) is 25.3 Å². The summed E-state index contributed by atoms with van der Waals surface area (Å²) in [6.07, 6.45) is 2.56. The van der Waals surface area contributed by atoms with Crippen molar-refractivity contribution >= 4 is 8.56 Å². The van der Waals surface area contributed by atoms with Gasteiger partial charge in [0.25, 0.3) is 5.97 Å². The SMILES string of the molecule is CCOC1(OCC)CCC[Si](OCC)(C(N)CC)O1. The minimum absolute atomic E-state index is 0.0481. The average Bonchev–Trinajstić information content (AvgIpc) is 2.39. The summed E-state index contributed by atoms with van der Waals surface area (Å²) in [5.41, 5.74) is 6.23. The summed E-state index contributed by atoms with van der Waals surface area (Å²) in [6, 6.07) is 0.914. The summed E-state index contributed by atoms with van der Waals surface area (Å²) in [5.74, 6) is -0.948. The van der Waals surface area contributed by atoms with Gasteiger partial charge in [-0.25, -0.2) is 0 Å². The molecule has 0 aromatic heterocycles. The maximum atomic E-state index is 6.28. The smallest absolute Gasteiger partial charge is 0.359 e. The van der Waals surface area contributed by atoms with Gasteiger partial charge in [-0.3, -0.25) is 0 Å². The van der Waals surface area contributed by atoms with Crippen molar-refractivity contribution in [2.24, 2.45) is 5.73 Å². The zero-order valence-corrected chi connectivity index (χ0v) is 13.7. The van der Waals surface area contributed by atoms with Crippen molar-refractivity contribution in [3.8, 4) is 0 Å². The van der Waals surface area contributed by atoms with Gasteiger partial charge in [-0.2, -0.15) is 0 Å². The summed E-state index contributed by atoms with van der Waals surface area (Å²) in [7, 11) is -2.47. The molecule has 0 aliphatic carbocycles. The molecule has 0 aromatic rings. The number of ether oxygens (including phenoxy) is 2. The van der Waals surface area contributed by atoms with Gasteiger partial charge < -0.3 is 24.1 Å². The molecule has 1 saturated heterocycles. The Morgan fingerprint density at radius 1 is 1.16 bits per heavy atom. The van der Waals surface area contributed by atoms with Crippen molar-refractivity contribution in [3.63, 3.8) is 0 Å². The van der Waals surface area contributed by atoms with Gasteiger partial charge in [-0.05, 0) is 39.7 Å². The molecule has 1 fully saturated rings. The minimum atomic E-state index is -2.47. The molecular weight excluding hydrogens is 262 g/mol. The van der Waals surface area contributed by atoms with Crippen LogP contribution in [0.15, 0.2) is 0 Å². The Balaban J connectivity index is 2.93. The van der Waals surface area contributed by atoms with Crippen LogP contribution in [0.3, 0.4) is 0 Å². The highest BCUT2D eigenvalue weighted by Crippen LogP contribution is 2.38. The fraction of sp³-hybridized carbons (Fsp3) is 1.00. The van der Waals surface area contributed by atoms with Crippen LogP contribution in [0.2, 0.25) is 6.04 Å². The Morgan fingerprint density at radius 3 is 2.26 bits per heavy atom. The second-order valence-corrected chi connectivity index (χ2v) is 8.12. The van der Waals surface area contributed by atoms with E-state index in [1.807, 2.05) is 20.8 Å². The van der Waals surface area contributed by atoms with Crippen molar-refractivity contribution in [1.29, 1.82) is 0 Å². The zero-order chi connectivity index (χ0) is 14.4. The molecule has 0 saturated carbocycles. The lowest BCUT2D eigenvalue weighted by molar-refractivity contribution is -0.359. The Hall–Kier alpha value is 0.0169. The monoisotopic (exact) mass is 291 g/mol. The van der Waals surface area contributed by atoms with E-state index < -0.39 is 14.5 Å². The third kappa shape index (κ3) is 3.99. The first-order valence-corrected chi connectivity index (χ1v) is 9.55.